The van der Waals surface area contributed by atoms with E-state index in [2.05, 4.69) is 30.4 Å². The van der Waals surface area contributed by atoms with Gasteiger partial charge in [0.1, 0.15) is 5.82 Å². The van der Waals surface area contributed by atoms with Gasteiger partial charge in [-0.05, 0) is 74.9 Å². The van der Waals surface area contributed by atoms with Gasteiger partial charge in [0.15, 0.2) is 11.5 Å². The van der Waals surface area contributed by atoms with E-state index in [1.165, 1.54) is 18.4 Å². The Bertz CT molecular complexity index is 1430. The number of methoxy groups -OCH3 is 1. The molecule has 1 amide bonds. The quantitative estimate of drug-likeness (QED) is 0.378. The van der Waals surface area contributed by atoms with Gasteiger partial charge in [0, 0.05) is 17.9 Å². The van der Waals surface area contributed by atoms with Gasteiger partial charge in [-0.1, -0.05) is 23.5 Å². The van der Waals surface area contributed by atoms with E-state index in [4.69, 9.17) is 19.6 Å². The van der Waals surface area contributed by atoms with Gasteiger partial charge in [0.2, 0.25) is 11.0 Å². The Morgan fingerprint density at radius 3 is 2.71 bits per heavy atom. The molecule has 6 rings (SSSR count). The second kappa shape index (κ2) is 8.68. The van der Waals surface area contributed by atoms with Crippen LogP contribution in [0.1, 0.15) is 60.4 Å². The first-order valence-corrected chi connectivity index (χ1v) is 12.9. The summed E-state index contributed by atoms with van der Waals surface area (Å²) in [5.74, 6) is 2.00. The highest BCUT2D eigenvalue weighted by molar-refractivity contribution is 7.20. The molecule has 1 aliphatic heterocycles. The summed E-state index contributed by atoms with van der Waals surface area (Å²) in [5, 5.41) is 8.62. The molecule has 2 aromatic heterocycles. The van der Waals surface area contributed by atoms with E-state index in [9.17, 15) is 4.79 Å². The van der Waals surface area contributed by atoms with Crippen LogP contribution < -0.4 is 14.8 Å². The summed E-state index contributed by atoms with van der Waals surface area (Å²) in [5.41, 5.74) is 5.03. The Hall–Kier alpha value is -3.39. The number of hydrogen-bond donors (Lipinski definition) is 1. The Labute approximate surface area is 208 Å². The molecule has 0 spiro atoms. The first kappa shape index (κ1) is 22.1. The van der Waals surface area contributed by atoms with Crippen LogP contribution in [-0.4, -0.2) is 33.9 Å². The number of nitrogens with one attached hydrogen (secondary N) is 1. The first-order valence-electron chi connectivity index (χ1n) is 12.1. The molecule has 0 bridgehead atoms. The molecule has 1 saturated carbocycles. The highest BCUT2D eigenvalue weighted by Gasteiger charge is 2.34. The molecule has 0 saturated heterocycles. The van der Waals surface area contributed by atoms with Crippen LogP contribution in [0, 0.1) is 13.8 Å². The zero-order chi connectivity index (χ0) is 24.1. The van der Waals surface area contributed by atoms with Crippen LogP contribution in [-0.2, 0) is 4.79 Å². The van der Waals surface area contributed by atoms with Crippen LogP contribution >= 0.6 is 11.3 Å². The summed E-state index contributed by atoms with van der Waals surface area (Å²) in [6.45, 7) is 4.06. The minimum absolute atomic E-state index is 0.0362. The summed E-state index contributed by atoms with van der Waals surface area (Å²) in [7, 11) is 1.66. The van der Waals surface area contributed by atoms with Crippen molar-refractivity contribution in [2.75, 3.05) is 12.4 Å². The van der Waals surface area contributed by atoms with Crippen molar-refractivity contribution in [2.45, 2.75) is 58.0 Å². The lowest BCUT2D eigenvalue weighted by atomic mass is 9.85. The Balaban J connectivity index is 1.39. The zero-order valence-corrected chi connectivity index (χ0v) is 20.9. The minimum Gasteiger partial charge on any atom is -0.493 e. The van der Waals surface area contributed by atoms with E-state index >= 15 is 0 Å². The fourth-order valence-electron chi connectivity index (χ4n) is 5.26. The highest BCUT2D eigenvalue weighted by Crippen LogP contribution is 2.43. The topological polar surface area (TPSA) is 78.3 Å². The van der Waals surface area contributed by atoms with E-state index in [0.29, 0.717) is 18.0 Å². The van der Waals surface area contributed by atoms with Crippen LogP contribution in [0.4, 0.5) is 5.82 Å². The second-order valence-corrected chi connectivity index (χ2v) is 10.5. The molecule has 1 atom stereocenters. The molecule has 1 N–H and O–H groups in total. The molecule has 3 heterocycles. The number of thiazole rings is 1. The van der Waals surface area contributed by atoms with Crippen molar-refractivity contribution in [2.24, 2.45) is 0 Å². The van der Waals surface area contributed by atoms with Gasteiger partial charge in [0.25, 0.3) is 0 Å². The molecule has 4 aromatic rings. The van der Waals surface area contributed by atoms with E-state index in [0.717, 1.165) is 50.8 Å². The van der Waals surface area contributed by atoms with Crippen molar-refractivity contribution in [1.82, 2.24) is 14.8 Å². The second-order valence-electron chi connectivity index (χ2n) is 9.47. The number of aryl methyl sites for hydroxylation is 2. The van der Waals surface area contributed by atoms with Gasteiger partial charge in [0.05, 0.1) is 29.1 Å². The van der Waals surface area contributed by atoms with Gasteiger partial charge in [-0.15, -0.1) is 0 Å². The summed E-state index contributed by atoms with van der Waals surface area (Å²) in [6.07, 6.45) is 5.19. The predicted molar refractivity (Wildman–Crippen MR) is 137 cm³/mol. The maximum Gasteiger partial charge on any atom is 0.226 e. The molecular formula is C27H28N4O3S. The van der Waals surface area contributed by atoms with E-state index in [1.54, 1.807) is 23.1 Å². The molecule has 2 aliphatic rings. The Morgan fingerprint density at radius 1 is 1.09 bits per heavy atom. The lowest BCUT2D eigenvalue weighted by molar-refractivity contribution is -0.116. The zero-order valence-electron chi connectivity index (χ0n) is 20.1. The van der Waals surface area contributed by atoms with Crippen LogP contribution in [0.2, 0.25) is 0 Å². The number of anilines is 1. The molecule has 2 aromatic carbocycles. The van der Waals surface area contributed by atoms with E-state index in [-0.39, 0.29) is 17.9 Å². The van der Waals surface area contributed by atoms with Crippen molar-refractivity contribution < 1.29 is 14.3 Å². The molecule has 1 unspecified atom stereocenters. The van der Waals surface area contributed by atoms with Crippen molar-refractivity contribution in [3.63, 3.8) is 0 Å². The fourth-order valence-corrected chi connectivity index (χ4v) is 6.29. The standard InChI is InChI=1S/C27H28N4O3S/c1-15-8-10-20-23(12-15)35-27(28-20)31-26-25(16(2)30-31)19(14-24(32)29-26)17-9-11-21(22(13-17)33-3)34-18-6-4-5-7-18/h8-13,18-19H,4-7,14H2,1-3H3,(H,29,32). The summed E-state index contributed by atoms with van der Waals surface area (Å²) < 4.78 is 14.8. The lowest BCUT2D eigenvalue weighted by Crippen LogP contribution is -2.25. The molecule has 1 fully saturated rings. The SMILES string of the molecule is COc1cc(C2CC(=O)Nc3c2c(C)nn3-c2nc3ccc(C)cc3s2)ccc1OC1CCCC1. The van der Waals surface area contributed by atoms with Crippen molar-refractivity contribution in [3.05, 3.63) is 58.8 Å². The van der Waals surface area contributed by atoms with E-state index in [1.807, 2.05) is 25.1 Å². The number of fused-ring (bicyclic) bond motifs is 2. The molecule has 35 heavy (non-hydrogen) atoms. The molecule has 8 heteroatoms. The summed E-state index contributed by atoms with van der Waals surface area (Å²) in [6, 6.07) is 12.2. The average molecular weight is 489 g/mol. The molecule has 7 nitrogen and oxygen atoms in total. The number of benzene rings is 2. The summed E-state index contributed by atoms with van der Waals surface area (Å²) in [4.78, 5) is 17.6. The lowest BCUT2D eigenvalue weighted by Gasteiger charge is -2.25. The third-order valence-electron chi connectivity index (χ3n) is 7.00. The van der Waals surface area contributed by atoms with Crippen LogP contribution in [0.3, 0.4) is 0 Å². The van der Waals surface area contributed by atoms with Crippen LogP contribution in [0.15, 0.2) is 36.4 Å². The highest BCUT2D eigenvalue weighted by atomic mass is 32.1. The van der Waals surface area contributed by atoms with Crippen LogP contribution in [0.5, 0.6) is 11.5 Å². The smallest absolute Gasteiger partial charge is 0.226 e. The monoisotopic (exact) mass is 488 g/mol. The first-order chi connectivity index (χ1) is 17.0. The third kappa shape index (κ3) is 3.95. The fraction of sp³-hybridized carbons (Fsp3) is 0.370. The maximum atomic E-state index is 12.8. The van der Waals surface area contributed by atoms with Crippen molar-refractivity contribution in [3.8, 4) is 16.6 Å². The Morgan fingerprint density at radius 2 is 1.91 bits per heavy atom. The van der Waals surface area contributed by atoms with Crippen molar-refractivity contribution >= 4 is 33.3 Å². The van der Waals surface area contributed by atoms with Crippen LogP contribution in [0.25, 0.3) is 15.3 Å². The Kier molecular flexibility index (Phi) is 5.48. The predicted octanol–water partition coefficient (Wildman–Crippen LogP) is 5.90. The number of nitrogens with zero attached hydrogens (tertiary/aromatic N) is 3. The third-order valence-corrected chi connectivity index (χ3v) is 8.00. The largest absolute Gasteiger partial charge is 0.493 e. The number of ether oxygens (including phenoxy) is 2. The average Bonchev–Trinajstić information content (AvgIpc) is 3.58. The number of amides is 1. The molecule has 1 aliphatic carbocycles. The number of rotatable bonds is 5. The van der Waals surface area contributed by atoms with Gasteiger partial charge < -0.3 is 14.8 Å². The number of carbonyl (C=O) groups excluding carboxylic acids is 1. The number of aromatic nitrogens is 3. The summed E-state index contributed by atoms with van der Waals surface area (Å²) >= 11 is 1.57. The van der Waals surface area contributed by atoms with E-state index < -0.39 is 0 Å². The normalized spacial score (nSPS) is 18.0. The van der Waals surface area contributed by atoms with Gasteiger partial charge in [-0.25, -0.2) is 4.98 Å². The molecule has 180 valence electrons. The molecular weight excluding hydrogens is 460 g/mol. The van der Waals surface area contributed by atoms with Gasteiger partial charge >= 0.3 is 0 Å². The van der Waals surface area contributed by atoms with Gasteiger partial charge in [-0.3, -0.25) is 4.79 Å². The van der Waals surface area contributed by atoms with Gasteiger partial charge in [-0.2, -0.15) is 9.78 Å². The number of hydrogen-bond acceptors (Lipinski definition) is 6. The van der Waals surface area contributed by atoms with Crippen molar-refractivity contribution in [1.29, 1.82) is 0 Å². The minimum atomic E-state index is -0.126. The maximum absolute atomic E-state index is 12.8. The molecule has 0 radical (unpaired) electrons. The number of carbonyl (C=O) groups is 1.